The Morgan fingerprint density at radius 2 is 2.27 bits per heavy atom. The first-order chi connectivity index (χ1) is 14.8. The van der Waals surface area contributed by atoms with E-state index in [-0.39, 0.29) is 11.9 Å². The number of nitrogens with zero attached hydrogens (tertiary/aromatic N) is 3. The number of aromatic nitrogens is 1. The largest absolute Gasteiger partial charge is 0.459 e. The van der Waals surface area contributed by atoms with Crippen molar-refractivity contribution in [3.05, 3.63) is 53.7 Å². The Hall–Kier alpha value is -2.22. The summed E-state index contributed by atoms with van der Waals surface area (Å²) in [5.41, 5.74) is 8.37. The summed E-state index contributed by atoms with van der Waals surface area (Å²) >= 11 is 0. The predicted molar refractivity (Wildman–Crippen MR) is 116 cm³/mol. The van der Waals surface area contributed by atoms with Gasteiger partial charge in [-0.25, -0.2) is 0 Å². The molecule has 2 aromatic heterocycles. The molecule has 0 bridgehead atoms. The Morgan fingerprint density at radius 3 is 3.10 bits per heavy atom. The number of rotatable bonds is 8. The van der Waals surface area contributed by atoms with Crippen molar-refractivity contribution < 1.29 is 9.21 Å². The number of piperazine rings is 1. The third-order valence-electron chi connectivity index (χ3n) is 6.24. The zero-order valence-electron chi connectivity index (χ0n) is 17.6. The molecule has 1 aliphatic carbocycles. The zero-order chi connectivity index (χ0) is 20.8. The van der Waals surface area contributed by atoms with Crippen LogP contribution >= 0.6 is 0 Å². The number of unbranched alkanes of at least 4 members (excludes halogenated alkanes) is 1. The van der Waals surface area contributed by atoms with Crippen LogP contribution in [0.25, 0.3) is 0 Å². The van der Waals surface area contributed by atoms with Crippen molar-refractivity contribution >= 4 is 5.91 Å². The Morgan fingerprint density at radius 1 is 1.33 bits per heavy atom. The number of hydrogen-bond acceptors (Lipinski definition) is 6. The third kappa shape index (κ3) is 4.91. The van der Waals surface area contributed by atoms with Crippen molar-refractivity contribution in [2.45, 2.75) is 44.2 Å². The summed E-state index contributed by atoms with van der Waals surface area (Å²) in [4.78, 5) is 22.0. The molecule has 162 valence electrons. The first kappa shape index (κ1) is 21.0. The number of amides is 1. The van der Waals surface area contributed by atoms with Crippen LogP contribution in [0.2, 0.25) is 0 Å². The van der Waals surface area contributed by atoms with Gasteiger partial charge in [0, 0.05) is 38.4 Å². The lowest BCUT2D eigenvalue weighted by Crippen LogP contribution is -2.56. The van der Waals surface area contributed by atoms with Gasteiger partial charge in [-0.05, 0) is 69.0 Å². The molecule has 3 N–H and O–H groups in total. The van der Waals surface area contributed by atoms with Gasteiger partial charge in [-0.3, -0.25) is 14.7 Å². The van der Waals surface area contributed by atoms with E-state index in [1.165, 1.54) is 17.7 Å². The molecule has 2 aromatic rings. The van der Waals surface area contributed by atoms with E-state index in [0.717, 1.165) is 51.9 Å². The van der Waals surface area contributed by atoms with E-state index in [1.807, 2.05) is 17.2 Å². The molecule has 4 rings (SSSR count). The molecule has 1 aliphatic heterocycles. The van der Waals surface area contributed by atoms with Crippen LogP contribution in [0.3, 0.4) is 0 Å². The first-order valence-corrected chi connectivity index (χ1v) is 11.2. The van der Waals surface area contributed by atoms with Crippen molar-refractivity contribution in [3.8, 4) is 0 Å². The van der Waals surface area contributed by atoms with Crippen molar-refractivity contribution in [2.75, 3.05) is 39.3 Å². The summed E-state index contributed by atoms with van der Waals surface area (Å²) in [6, 6.07) is 8.33. The van der Waals surface area contributed by atoms with E-state index >= 15 is 0 Å². The number of nitrogens with one attached hydrogen (secondary N) is 1. The van der Waals surface area contributed by atoms with Gasteiger partial charge < -0.3 is 20.4 Å². The van der Waals surface area contributed by atoms with Crippen molar-refractivity contribution in [1.29, 1.82) is 0 Å². The second-order valence-electron chi connectivity index (χ2n) is 8.33. The van der Waals surface area contributed by atoms with Gasteiger partial charge >= 0.3 is 0 Å². The van der Waals surface area contributed by atoms with Crippen LogP contribution in [0.15, 0.2) is 41.1 Å². The van der Waals surface area contributed by atoms with Crippen molar-refractivity contribution in [1.82, 2.24) is 20.1 Å². The van der Waals surface area contributed by atoms with Crippen LogP contribution < -0.4 is 11.1 Å². The minimum Gasteiger partial charge on any atom is -0.459 e. The van der Waals surface area contributed by atoms with Gasteiger partial charge in [-0.15, -0.1) is 0 Å². The smallest absolute Gasteiger partial charge is 0.289 e. The van der Waals surface area contributed by atoms with E-state index in [1.54, 1.807) is 18.4 Å². The van der Waals surface area contributed by atoms with E-state index in [2.05, 4.69) is 16.3 Å². The van der Waals surface area contributed by atoms with Crippen molar-refractivity contribution in [3.63, 3.8) is 0 Å². The molecular formula is C23H33N5O2. The number of fused-ring (bicyclic) bond motifs is 1. The van der Waals surface area contributed by atoms with E-state index < -0.39 is 0 Å². The topological polar surface area (TPSA) is 87.6 Å². The second-order valence-corrected chi connectivity index (χ2v) is 8.33. The lowest BCUT2D eigenvalue weighted by molar-refractivity contribution is 0.0628. The van der Waals surface area contributed by atoms with Gasteiger partial charge in [-0.1, -0.05) is 6.07 Å². The Balaban J connectivity index is 1.46. The number of pyridine rings is 1. The third-order valence-corrected chi connectivity index (χ3v) is 6.24. The number of aryl methyl sites for hydroxylation is 1. The standard InChI is InChI=1S/C23H33N5O2/c24-10-1-2-13-27(20-8-3-6-18-7-4-11-26-22(18)20)16-19-17-28(14-12-25-19)23(29)21-9-5-15-30-21/h4-5,7,9,11,15,19-20,25H,1-3,6,8,10,12-14,16-17,24H2/t19?,20-/m0/s1. The fraction of sp³-hybridized carbons (Fsp3) is 0.565. The fourth-order valence-corrected chi connectivity index (χ4v) is 4.75. The van der Waals surface area contributed by atoms with Crippen LogP contribution in [-0.4, -0.2) is 66.0 Å². The molecule has 0 radical (unpaired) electrons. The number of furan rings is 1. The Labute approximate surface area is 178 Å². The molecule has 0 spiro atoms. The predicted octanol–water partition coefficient (Wildman–Crippen LogP) is 2.21. The van der Waals surface area contributed by atoms with Crippen LogP contribution in [0, 0.1) is 0 Å². The lowest BCUT2D eigenvalue weighted by Gasteiger charge is -2.40. The minimum absolute atomic E-state index is 0.0224. The first-order valence-electron chi connectivity index (χ1n) is 11.2. The van der Waals surface area contributed by atoms with Gasteiger partial charge in [0.25, 0.3) is 5.91 Å². The summed E-state index contributed by atoms with van der Waals surface area (Å²) in [6.07, 6.45) is 9.02. The van der Waals surface area contributed by atoms with Gasteiger partial charge in [-0.2, -0.15) is 0 Å². The van der Waals surface area contributed by atoms with Gasteiger partial charge in [0.05, 0.1) is 18.0 Å². The number of nitrogens with two attached hydrogens (primary N) is 1. The van der Waals surface area contributed by atoms with E-state index in [0.29, 0.717) is 24.9 Å². The van der Waals surface area contributed by atoms with Crippen LogP contribution in [0.1, 0.15) is 53.5 Å². The second kappa shape index (κ2) is 10.2. The van der Waals surface area contributed by atoms with Crippen molar-refractivity contribution in [2.24, 2.45) is 5.73 Å². The van der Waals surface area contributed by atoms with Crippen LogP contribution in [0.5, 0.6) is 0 Å². The lowest BCUT2D eigenvalue weighted by atomic mass is 9.90. The normalized spacial score (nSPS) is 21.6. The Kier molecular flexibility index (Phi) is 7.15. The van der Waals surface area contributed by atoms with Crippen LogP contribution in [0.4, 0.5) is 0 Å². The number of hydrogen-bond donors (Lipinski definition) is 2. The highest BCUT2D eigenvalue weighted by Crippen LogP contribution is 2.33. The van der Waals surface area contributed by atoms with E-state index in [4.69, 9.17) is 15.1 Å². The maximum absolute atomic E-state index is 12.7. The molecule has 1 fully saturated rings. The fourth-order valence-electron chi connectivity index (χ4n) is 4.75. The molecule has 1 saturated heterocycles. The monoisotopic (exact) mass is 411 g/mol. The highest BCUT2D eigenvalue weighted by molar-refractivity contribution is 5.91. The minimum atomic E-state index is -0.0224. The quantitative estimate of drug-likeness (QED) is 0.648. The number of carbonyl (C=O) groups is 1. The molecule has 3 heterocycles. The zero-order valence-corrected chi connectivity index (χ0v) is 17.6. The highest BCUT2D eigenvalue weighted by atomic mass is 16.3. The maximum Gasteiger partial charge on any atom is 0.289 e. The van der Waals surface area contributed by atoms with E-state index in [9.17, 15) is 4.79 Å². The molecule has 30 heavy (non-hydrogen) atoms. The highest BCUT2D eigenvalue weighted by Gasteiger charge is 2.31. The molecule has 0 aromatic carbocycles. The summed E-state index contributed by atoms with van der Waals surface area (Å²) in [5, 5.41) is 3.62. The summed E-state index contributed by atoms with van der Waals surface area (Å²) in [6.45, 7) is 4.81. The average molecular weight is 412 g/mol. The summed E-state index contributed by atoms with van der Waals surface area (Å²) in [5.74, 6) is 0.395. The van der Waals surface area contributed by atoms with Gasteiger partial charge in [0.15, 0.2) is 5.76 Å². The maximum atomic E-state index is 12.7. The molecule has 2 aliphatic rings. The summed E-state index contributed by atoms with van der Waals surface area (Å²) in [7, 11) is 0. The molecule has 1 unspecified atom stereocenters. The SMILES string of the molecule is NCCCCN(CC1CN(C(=O)c2ccco2)CCN1)[C@H]1CCCc2cccnc21. The number of carbonyl (C=O) groups excluding carboxylic acids is 1. The van der Waals surface area contributed by atoms with Crippen LogP contribution in [-0.2, 0) is 6.42 Å². The summed E-state index contributed by atoms with van der Waals surface area (Å²) < 4.78 is 5.32. The molecular weight excluding hydrogens is 378 g/mol. The van der Waals surface area contributed by atoms with Gasteiger partial charge in [0.2, 0.25) is 0 Å². The molecule has 2 atom stereocenters. The average Bonchev–Trinajstić information content (AvgIpc) is 3.33. The Bertz CT molecular complexity index is 810. The molecule has 7 heteroatoms. The molecule has 7 nitrogen and oxygen atoms in total. The van der Waals surface area contributed by atoms with Gasteiger partial charge in [0.1, 0.15) is 0 Å². The molecule has 1 amide bonds. The molecule has 0 saturated carbocycles.